The third-order valence-electron chi connectivity index (χ3n) is 5.37. The first-order valence-corrected chi connectivity index (χ1v) is 11.5. The Bertz CT molecular complexity index is 955. The molecule has 34 heavy (non-hydrogen) atoms. The van der Waals surface area contributed by atoms with Crippen molar-refractivity contribution in [3.63, 3.8) is 0 Å². The van der Waals surface area contributed by atoms with Crippen LogP contribution in [0, 0.1) is 0 Å². The molecule has 0 spiro atoms. The number of aliphatic imine (C=N–C) groups is 1. The summed E-state index contributed by atoms with van der Waals surface area (Å²) >= 11 is 0. The van der Waals surface area contributed by atoms with Gasteiger partial charge in [-0.25, -0.2) is 0 Å². The van der Waals surface area contributed by atoms with Crippen LogP contribution in [0.5, 0.6) is 11.5 Å². The highest BCUT2D eigenvalue weighted by atomic mass is 16.5. The van der Waals surface area contributed by atoms with E-state index in [0.717, 1.165) is 50.2 Å². The number of morpholine rings is 1. The van der Waals surface area contributed by atoms with Gasteiger partial charge in [-0.15, -0.1) is 0 Å². The molecule has 8 nitrogen and oxygen atoms in total. The number of aliphatic hydroxyl groups is 1. The van der Waals surface area contributed by atoms with Crippen molar-refractivity contribution >= 4 is 12.2 Å². The second-order valence-corrected chi connectivity index (χ2v) is 7.85. The van der Waals surface area contributed by atoms with Crippen LogP contribution in [-0.4, -0.2) is 73.4 Å². The molecule has 1 aliphatic rings. The molecule has 0 aromatic heterocycles. The zero-order chi connectivity index (χ0) is 24.0. The van der Waals surface area contributed by atoms with Crippen molar-refractivity contribution in [2.24, 2.45) is 4.99 Å². The fourth-order valence-corrected chi connectivity index (χ4v) is 3.45. The number of aryl methyl sites for hydroxylation is 1. The molecule has 1 fully saturated rings. The maximum atomic E-state index is 11.0. The lowest BCUT2D eigenvalue weighted by Crippen LogP contribution is -2.38. The third-order valence-corrected chi connectivity index (χ3v) is 5.37. The van der Waals surface area contributed by atoms with E-state index in [1.54, 1.807) is 12.3 Å². The molecule has 1 heterocycles. The van der Waals surface area contributed by atoms with E-state index in [0.29, 0.717) is 43.3 Å². The predicted molar refractivity (Wildman–Crippen MR) is 130 cm³/mol. The van der Waals surface area contributed by atoms with Gasteiger partial charge in [0.25, 0.3) is 0 Å². The number of rotatable bonds is 13. The number of benzene rings is 2. The molecule has 2 aromatic rings. The van der Waals surface area contributed by atoms with E-state index in [9.17, 15) is 9.90 Å². The molecule has 0 saturated carbocycles. The van der Waals surface area contributed by atoms with Crippen LogP contribution in [0.15, 0.2) is 65.5 Å². The van der Waals surface area contributed by atoms with Gasteiger partial charge in [0.1, 0.15) is 24.4 Å². The number of nitrogens with zero attached hydrogens (tertiary/aromatic N) is 2. The van der Waals surface area contributed by atoms with E-state index >= 15 is 0 Å². The molecule has 0 unspecified atom stereocenters. The first-order valence-electron chi connectivity index (χ1n) is 11.5. The van der Waals surface area contributed by atoms with Gasteiger partial charge in [-0.2, -0.15) is 0 Å². The maximum Gasteiger partial charge on any atom is 0.303 e. The molecular weight excluding hydrogens is 436 g/mol. The average molecular weight is 469 g/mol. The fourth-order valence-electron chi connectivity index (χ4n) is 3.45. The summed E-state index contributed by atoms with van der Waals surface area (Å²) in [6, 6.07) is 15.1. The van der Waals surface area contributed by atoms with Crippen LogP contribution < -0.4 is 9.47 Å². The number of carbonyl (C=O) groups is 1. The summed E-state index contributed by atoms with van der Waals surface area (Å²) in [4.78, 5) is 17.6. The second kappa shape index (κ2) is 14.0. The Balaban J connectivity index is 1.55. The monoisotopic (exact) mass is 468 g/mol. The van der Waals surface area contributed by atoms with Crippen molar-refractivity contribution < 1.29 is 29.2 Å². The first-order chi connectivity index (χ1) is 16.6. The number of aliphatic hydroxyl groups excluding tert-OH is 1. The minimum atomic E-state index is -0.848. The van der Waals surface area contributed by atoms with Gasteiger partial charge < -0.3 is 24.4 Å². The van der Waals surface area contributed by atoms with Crippen LogP contribution in [0.4, 0.5) is 0 Å². The molecule has 2 aromatic carbocycles. The van der Waals surface area contributed by atoms with Crippen molar-refractivity contribution in [2.45, 2.75) is 19.3 Å². The fraction of sp³-hybridized carbons (Fsp3) is 0.385. The van der Waals surface area contributed by atoms with E-state index in [4.69, 9.17) is 19.3 Å². The minimum Gasteiger partial charge on any atom is -0.514 e. The average Bonchev–Trinajstić information content (AvgIpc) is 2.86. The van der Waals surface area contributed by atoms with E-state index in [2.05, 4.69) is 9.89 Å². The molecule has 0 aliphatic carbocycles. The van der Waals surface area contributed by atoms with Gasteiger partial charge in [0.2, 0.25) is 0 Å². The Labute approximate surface area is 200 Å². The Hall–Kier alpha value is -3.36. The molecule has 0 amide bonds. The lowest BCUT2D eigenvalue weighted by molar-refractivity contribution is -0.136. The van der Waals surface area contributed by atoms with Crippen LogP contribution in [-0.2, 0) is 16.0 Å². The first kappa shape index (κ1) is 25.3. The molecule has 3 rings (SSSR count). The van der Waals surface area contributed by atoms with Gasteiger partial charge in [-0.05, 0) is 23.6 Å². The summed E-state index contributed by atoms with van der Waals surface area (Å²) in [5.74, 6) is 0.399. The summed E-state index contributed by atoms with van der Waals surface area (Å²) in [7, 11) is 0. The molecule has 1 saturated heterocycles. The van der Waals surface area contributed by atoms with Gasteiger partial charge in [0.05, 0.1) is 25.5 Å². The van der Waals surface area contributed by atoms with Crippen LogP contribution in [0.2, 0.25) is 0 Å². The van der Waals surface area contributed by atoms with Crippen LogP contribution in [0.25, 0.3) is 0 Å². The van der Waals surface area contributed by atoms with Crippen LogP contribution in [0.3, 0.4) is 0 Å². The quantitative estimate of drug-likeness (QED) is 0.341. The molecule has 8 heteroatoms. The number of hydrogen-bond donors (Lipinski definition) is 2. The lowest BCUT2D eigenvalue weighted by Gasteiger charge is -2.26. The zero-order valence-corrected chi connectivity index (χ0v) is 19.3. The van der Waals surface area contributed by atoms with Crippen molar-refractivity contribution in [3.05, 3.63) is 71.6 Å². The molecule has 1 aliphatic heterocycles. The van der Waals surface area contributed by atoms with Crippen LogP contribution in [0.1, 0.15) is 24.0 Å². The Morgan fingerprint density at radius 3 is 2.59 bits per heavy atom. The largest absolute Gasteiger partial charge is 0.514 e. The molecule has 2 N–H and O–H groups in total. The summed E-state index contributed by atoms with van der Waals surface area (Å²) in [6.45, 7) is 4.81. The van der Waals surface area contributed by atoms with E-state index in [-0.39, 0.29) is 6.42 Å². The highest BCUT2D eigenvalue weighted by molar-refractivity contribution is 5.80. The van der Waals surface area contributed by atoms with Crippen molar-refractivity contribution in [2.75, 3.05) is 46.1 Å². The van der Waals surface area contributed by atoms with E-state index < -0.39 is 5.97 Å². The zero-order valence-electron chi connectivity index (χ0n) is 19.3. The highest BCUT2D eigenvalue weighted by Crippen LogP contribution is 2.27. The second-order valence-electron chi connectivity index (χ2n) is 7.85. The molecular formula is C26H32N2O6. The molecule has 0 radical (unpaired) electrons. The smallest absolute Gasteiger partial charge is 0.303 e. The van der Waals surface area contributed by atoms with Crippen LogP contribution >= 0.6 is 0 Å². The summed E-state index contributed by atoms with van der Waals surface area (Å²) < 4.78 is 17.2. The van der Waals surface area contributed by atoms with Gasteiger partial charge in [0, 0.05) is 44.8 Å². The van der Waals surface area contributed by atoms with Crippen molar-refractivity contribution in [1.29, 1.82) is 0 Å². The molecule has 182 valence electrons. The van der Waals surface area contributed by atoms with Gasteiger partial charge in [-0.3, -0.25) is 14.7 Å². The Kier molecular flexibility index (Phi) is 10.4. The SMILES string of the molecule is O=C(O)CCc1ccc(OCC/C(=C/O)N=Cc2ccccc2)cc1OCCN1CCOCC1. The number of carboxylic acid groups (broad SMARTS) is 1. The molecule has 0 atom stereocenters. The summed E-state index contributed by atoms with van der Waals surface area (Å²) in [5.41, 5.74) is 2.28. The minimum absolute atomic E-state index is 0.0318. The number of carboxylic acids is 1. The molecule has 0 bridgehead atoms. The van der Waals surface area contributed by atoms with Gasteiger partial charge >= 0.3 is 5.97 Å². The normalized spacial score (nSPS) is 14.9. The number of aliphatic carboxylic acids is 1. The Morgan fingerprint density at radius 1 is 1.06 bits per heavy atom. The van der Waals surface area contributed by atoms with Gasteiger partial charge in [-0.1, -0.05) is 36.4 Å². The van der Waals surface area contributed by atoms with E-state index in [1.807, 2.05) is 42.5 Å². The maximum absolute atomic E-state index is 11.0. The lowest BCUT2D eigenvalue weighted by atomic mass is 10.1. The number of hydrogen-bond acceptors (Lipinski definition) is 7. The third kappa shape index (κ3) is 8.88. The highest BCUT2D eigenvalue weighted by Gasteiger charge is 2.12. The Morgan fingerprint density at radius 2 is 1.85 bits per heavy atom. The topological polar surface area (TPSA) is 101 Å². The number of ether oxygens (including phenoxy) is 3. The van der Waals surface area contributed by atoms with Gasteiger partial charge in [0.15, 0.2) is 0 Å². The van der Waals surface area contributed by atoms with Crippen molar-refractivity contribution in [1.82, 2.24) is 4.90 Å². The van der Waals surface area contributed by atoms with E-state index in [1.165, 1.54) is 0 Å². The van der Waals surface area contributed by atoms with Crippen molar-refractivity contribution in [3.8, 4) is 11.5 Å². The summed E-state index contributed by atoms with van der Waals surface area (Å²) in [5, 5.41) is 18.5. The summed E-state index contributed by atoms with van der Waals surface area (Å²) in [6.07, 6.45) is 3.52. The predicted octanol–water partition coefficient (Wildman–Crippen LogP) is 3.70. The standard InChI is InChI=1S/C26H32N2O6/c29-20-23(27-19-21-4-2-1-3-5-21)10-14-33-24-8-6-22(7-9-26(30)31)25(18-24)34-17-13-28-11-15-32-16-12-28/h1-6,8,18-20,29H,7,9-17H2,(H,30,31)/b23-20-,27-19?.